The summed E-state index contributed by atoms with van der Waals surface area (Å²) in [5.74, 6) is -2.34. The number of amides is 1. The van der Waals surface area contributed by atoms with Crippen molar-refractivity contribution in [1.82, 2.24) is 15.6 Å². The monoisotopic (exact) mass is 620 g/mol. The molecule has 0 saturated carbocycles. The Hall–Kier alpha value is -2.62. The van der Waals surface area contributed by atoms with Crippen LogP contribution in [0.5, 0.6) is 0 Å². The second-order valence-electron chi connectivity index (χ2n) is 7.80. The molecule has 2 atom stereocenters. The fraction of sp³-hybridized carbons (Fsp3) is 0.273. The summed E-state index contributed by atoms with van der Waals surface area (Å²) in [5.41, 5.74) is 0.972. The first-order chi connectivity index (χ1) is 16.5. The Morgan fingerprint density at radius 2 is 1.89 bits per heavy atom. The van der Waals surface area contributed by atoms with Crippen molar-refractivity contribution >= 4 is 44.5 Å². The number of carbonyl (C=O) groups excluding carboxylic acids is 1. The summed E-state index contributed by atoms with van der Waals surface area (Å²) in [7, 11) is -3.67. The summed E-state index contributed by atoms with van der Waals surface area (Å²) in [5, 5.41) is 16.5. The average molecular weight is 620 g/mol. The van der Waals surface area contributed by atoms with E-state index in [9.17, 15) is 27.1 Å². The van der Waals surface area contributed by atoms with Gasteiger partial charge in [0.1, 0.15) is 17.9 Å². The largest absolute Gasteiger partial charge is 0.431 e. The molecule has 3 aromatic rings. The highest BCUT2D eigenvalue weighted by Gasteiger charge is 2.25. The van der Waals surface area contributed by atoms with E-state index in [1.54, 1.807) is 0 Å². The highest BCUT2D eigenvalue weighted by Crippen LogP contribution is 2.14. The van der Waals surface area contributed by atoms with Crippen molar-refractivity contribution < 1.29 is 31.5 Å². The Kier molecular flexibility index (Phi) is 9.15. The maximum Gasteiger partial charge on any atom is 0.309 e. The number of nitrogens with one attached hydrogen (secondary N) is 3. The number of oxazole rings is 1. The lowest BCUT2D eigenvalue weighted by molar-refractivity contribution is 0.0825. The number of hydrogen-bond donors (Lipinski definition) is 4. The normalized spacial score (nSPS) is 13.3. The van der Waals surface area contributed by atoms with E-state index in [2.05, 4.69) is 38.2 Å². The lowest BCUT2D eigenvalue weighted by atomic mass is 10.0. The summed E-state index contributed by atoms with van der Waals surface area (Å²) >= 11 is 2.19. The van der Waals surface area contributed by atoms with E-state index < -0.39 is 45.7 Å². The van der Waals surface area contributed by atoms with E-state index in [0.717, 1.165) is 39.9 Å². The number of sulfonamides is 1. The number of aliphatic hydroxyl groups excluding tert-OH is 1. The molecule has 1 aromatic heterocycles. The quantitative estimate of drug-likeness (QED) is 0.242. The molecular weight excluding hydrogens is 597 g/mol. The standard InChI is InChI=1S/C22H23F2IN4O5S/c1-35(32,33)29-22-28-19(12-34-22)21(31)27-18(8-14-5-15(23)9-16(24)6-14)20(30)11-26-10-13-3-2-4-17(25)7-13/h2-7,9,12,18,20,26,30H,8,10-11H2,1H3,(H,27,31)(H,28,29)/t18?,20-/m0/s1. The predicted octanol–water partition coefficient (Wildman–Crippen LogP) is 2.42. The first-order valence-electron chi connectivity index (χ1n) is 10.3. The molecule has 35 heavy (non-hydrogen) atoms. The van der Waals surface area contributed by atoms with Crippen molar-refractivity contribution in [2.24, 2.45) is 0 Å². The predicted molar refractivity (Wildman–Crippen MR) is 133 cm³/mol. The third-order valence-corrected chi connectivity index (χ3v) is 5.96. The number of aromatic nitrogens is 1. The zero-order valence-electron chi connectivity index (χ0n) is 18.5. The van der Waals surface area contributed by atoms with Crippen LogP contribution in [-0.4, -0.2) is 49.4 Å². The third kappa shape index (κ3) is 8.83. The topological polar surface area (TPSA) is 134 Å². The summed E-state index contributed by atoms with van der Waals surface area (Å²) in [4.78, 5) is 16.5. The van der Waals surface area contributed by atoms with Gasteiger partial charge in [-0.25, -0.2) is 21.9 Å². The second-order valence-corrected chi connectivity index (χ2v) is 10.8. The van der Waals surface area contributed by atoms with Crippen LogP contribution in [0.3, 0.4) is 0 Å². The Bertz CT molecular complexity index is 1270. The molecule has 13 heteroatoms. The van der Waals surface area contributed by atoms with Crippen molar-refractivity contribution in [3.63, 3.8) is 0 Å². The molecular formula is C22H23F2IN4O5S. The van der Waals surface area contributed by atoms with E-state index in [1.165, 1.54) is 0 Å². The Morgan fingerprint density at radius 1 is 1.17 bits per heavy atom. The minimum absolute atomic E-state index is 0.0634. The summed E-state index contributed by atoms with van der Waals surface area (Å²) in [6.45, 7) is 0.515. The van der Waals surface area contributed by atoms with Gasteiger partial charge < -0.3 is 20.2 Å². The SMILES string of the molecule is CS(=O)(=O)Nc1nc(C(=O)NC(Cc2cc(F)cc(F)c2)[C@@H](O)CNCc2cccc(I)c2)co1. The lowest BCUT2D eigenvalue weighted by Crippen LogP contribution is -2.48. The van der Waals surface area contributed by atoms with Gasteiger partial charge in [0.05, 0.1) is 18.4 Å². The number of nitrogens with zero attached hydrogens (tertiary/aromatic N) is 1. The molecule has 0 fully saturated rings. The van der Waals surface area contributed by atoms with Crippen LogP contribution in [0.15, 0.2) is 53.1 Å². The average Bonchev–Trinajstić information content (AvgIpc) is 3.19. The Morgan fingerprint density at radius 3 is 2.54 bits per heavy atom. The minimum Gasteiger partial charge on any atom is -0.431 e. The second kappa shape index (κ2) is 11.9. The molecule has 0 aliphatic rings. The zero-order chi connectivity index (χ0) is 25.6. The minimum atomic E-state index is -3.67. The summed E-state index contributed by atoms with van der Waals surface area (Å²) < 4.78 is 58.0. The van der Waals surface area contributed by atoms with Crippen molar-refractivity contribution in [2.75, 3.05) is 17.5 Å². The van der Waals surface area contributed by atoms with Crippen molar-refractivity contribution in [2.45, 2.75) is 25.1 Å². The van der Waals surface area contributed by atoms with Gasteiger partial charge in [0.2, 0.25) is 10.0 Å². The Labute approximate surface area is 214 Å². The zero-order valence-corrected chi connectivity index (χ0v) is 21.4. The van der Waals surface area contributed by atoms with Crippen LogP contribution in [0.2, 0.25) is 0 Å². The number of benzene rings is 2. The number of aliphatic hydroxyl groups is 1. The third-order valence-electron chi connectivity index (χ3n) is 4.74. The maximum atomic E-state index is 13.7. The van der Waals surface area contributed by atoms with Gasteiger partial charge in [-0.05, 0) is 64.4 Å². The highest BCUT2D eigenvalue weighted by molar-refractivity contribution is 14.1. The molecule has 4 N–H and O–H groups in total. The van der Waals surface area contributed by atoms with Crippen molar-refractivity contribution in [3.8, 4) is 0 Å². The van der Waals surface area contributed by atoms with E-state index in [0.29, 0.717) is 6.54 Å². The van der Waals surface area contributed by atoms with Gasteiger partial charge >= 0.3 is 6.01 Å². The number of halogens is 3. The molecule has 0 saturated heterocycles. The van der Waals surface area contributed by atoms with Crippen LogP contribution in [0.4, 0.5) is 14.8 Å². The van der Waals surface area contributed by atoms with Crippen molar-refractivity contribution in [3.05, 3.63) is 80.8 Å². The fourth-order valence-corrected chi connectivity index (χ4v) is 4.26. The van der Waals surface area contributed by atoms with Gasteiger partial charge in [-0.15, -0.1) is 0 Å². The van der Waals surface area contributed by atoms with Crippen LogP contribution >= 0.6 is 22.6 Å². The molecule has 1 heterocycles. The van der Waals surface area contributed by atoms with Crippen LogP contribution in [0.25, 0.3) is 0 Å². The van der Waals surface area contributed by atoms with Gasteiger partial charge in [0, 0.05) is 22.7 Å². The first kappa shape index (κ1) is 27.0. The molecule has 0 spiro atoms. The molecule has 0 radical (unpaired) electrons. The lowest BCUT2D eigenvalue weighted by Gasteiger charge is -2.24. The number of anilines is 1. The molecule has 0 aliphatic heterocycles. The maximum absolute atomic E-state index is 13.7. The molecule has 188 valence electrons. The van der Waals surface area contributed by atoms with Crippen LogP contribution in [-0.2, 0) is 23.0 Å². The van der Waals surface area contributed by atoms with Gasteiger partial charge in [-0.3, -0.25) is 4.79 Å². The van der Waals surface area contributed by atoms with Gasteiger partial charge in [-0.1, -0.05) is 12.1 Å². The van der Waals surface area contributed by atoms with E-state index >= 15 is 0 Å². The summed E-state index contributed by atoms with van der Waals surface area (Å²) in [6.07, 6.45) is 0.612. The van der Waals surface area contributed by atoms with E-state index in [4.69, 9.17) is 4.42 Å². The number of rotatable bonds is 11. The van der Waals surface area contributed by atoms with Gasteiger partial charge in [0.25, 0.3) is 5.91 Å². The van der Waals surface area contributed by atoms with E-state index in [1.807, 2.05) is 29.0 Å². The van der Waals surface area contributed by atoms with E-state index in [-0.39, 0.29) is 24.2 Å². The molecule has 1 unspecified atom stereocenters. The van der Waals surface area contributed by atoms with Crippen LogP contribution < -0.4 is 15.4 Å². The van der Waals surface area contributed by atoms with Crippen LogP contribution in [0.1, 0.15) is 21.6 Å². The molecule has 1 amide bonds. The van der Waals surface area contributed by atoms with Crippen LogP contribution in [0, 0.1) is 15.2 Å². The highest BCUT2D eigenvalue weighted by atomic mass is 127. The number of carbonyl (C=O) groups is 1. The Balaban J connectivity index is 1.71. The van der Waals surface area contributed by atoms with Gasteiger partial charge in [-0.2, -0.15) is 4.98 Å². The summed E-state index contributed by atoms with van der Waals surface area (Å²) in [6, 6.07) is 9.32. The fourth-order valence-electron chi connectivity index (χ4n) is 3.25. The van der Waals surface area contributed by atoms with Crippen molar-refractivity contribution in [1.29, 1.82) is 0 Å². The molecule has 3 rings (SSSR count). The molecule has 9 nitrogen and oxygen atoms in total. The smallest absolute Gasteiger partial charge is 0.309 e. The molecule has 0 aliphatic carbocycles. The van der Waals surface area contributed by atoms with Gasteiger partial charge in [0.15, 0.2) is 5.69 Å². The number of hydrogen-bond acceptors (Lipinski definition) is 7. The first-order valence-corrected chi connectivity index (χ1v) is 13.3. The molecule has 0 bridgehead atoms. The molecule has 2 aromatic carbocycles.